The van der Waals surface area contributed by atoms with Gasteiger partial charge in [0, 0.05) is 22.2 Å². The number of carbonyl (C=O) groups excluding carboxylic acids is 2. The molecule has 0 aliphatic carbocycles. The van der Waals surface area contributed by atoms with Gasteiger partial charge in [-0.05, 0) is 56.7 Å². The van der Waals surface area contributed by atoms with Gasteiger partial charge in [0.05, 0.1) is 34.4 Å². The van der Waals surface area contributed by atoms with Gasteiger partial charge in [-0.1, -0.05) is 52.8 Å². The molecule has 0 fully saturated rings. The van der Waals surface area contributed by atoms with Crippen LogP contribution < -0.4 is 20.0 Å². The number of esters is 1. The number of allylic oxidation sites excluding steroid dienone is 1. The molecule has 4 aromatic rings. The summed E-state index contributed by atoms with van der Waals surface area (Å²) in [5.74, 6) is -1.14. The largest absolute Gasteiger partial charge is 0.545 e. The van der Waals surface area contributed by atoms with Crippen LogP contribution in [0.25, 0.3) is 17.4 Å². The number of carboxylic acids is 1. The van der Waals surface area contributed by atoms with E-state index in [-0.39, 0.29) is 22.8 Å². The first-order valence-corrected chi connectivity index (χ1v) is 13.2. The lowest BCUT2D eigenvalue weighted by Gasteiger charge is -2.24. The van der Waals surface area contributed by atoms with Gasteiger partial charge in [-0.3, -0.25) is 9.36 Å². The predicted molar refractivity (Wildman–Crippen MR) is 145 cm³/mol. The van der Waals surface area contributed by atoms with Gasteiger partial charge in [-0.15, -0.1) is 0 Å². The van der Waals surface area contributed by atoms with Crippen LogP contribution in [-0.4, -0.2) is 23.1 Å². The SMILES string of the molecule is CCOC(=O)C1=C(C)N=c2s/c(=C\c3ccc(-c4ccc(Cl)c(C(=O)[O-])c4)o3)c(=O)n2[C@@H]1c1ccc(C)cc1. The molecule has 5 rings (SSSR count). The zero-order chi connectivity index (χ0) is 27.8. The molecule has 1 aliphatic heterocycles. The smallest absolute Gasteiger partial charge is 0.338 e. The summed E-state index contributed by atoms with van der Waals surface area (Å²) in [5.41, 5.74) is 2.62. The molecule has 0 amide bonds. The second-order valence-corrected chi connectivity index (χ2v) is 10.3. The third-order valence-corrected chi connectivity index (χ3v) is 7.59. The fourth-order valence-corrected chi connectivity index (χ4v) is 5.63. The molecule has 0 N–H and O–H groups in total. The molecule has 0 spiro atoms. The van der Waals surface area contributed by atoms with E-state index in [1.165, 1.54) is 28.0 Å². The molecule has 0 bridgehead atoms. The number of hydrogen-bond donors (Lipinski definition) is 0. The molecular formula is C29H22ClN2O6S-. The van der Waals surface area contributed by atoms with Crippen LogP contribution >= 0.6 is 22.9 Å². The topological polar surface area (TPSA) is 114 Å². The van der Waals surface area contributed by atoms with E-state index < -0.39 is 18.0 Å². The van der Waals surface area contributed by atoms with Crippen molar-refractivity contribution in [1.29, 1.82) is 0 Å². The van der Waals surface area contributed by atoms with Gasteiger partial charge in [-0.2, -0.15) is 0 Å². The highest BCUT2D eigenvalue weighted by molar-refractivity contribution is 7.07. The Labute approximate surface area is 231 Å². The van der Waals surface area contributed by atoms with E-state index in [1.807, 2.05) is 31.2 Å². The molecule has 8 nitrogen and oxygen atoms in total. The number of aromatic nitrogens is 1. The minimum absolute atomic E-state index is 0.0623. The second-order valence-electron chi connectivity index (χ2n) is 8.90. The number of furan rings is 1. The van der Waals surface area contributed by atoms with Gasteiger partial charge in [0.2, 0.25) is 0 Å². The summed E-state index contributed by atoms with van der Waals surface area (Å²) in [6.07, 6.45) is 1.60. The number of fused-ring (bicyclic) bond motifs is 1. The number of aromatic carboxylic acids is 1. The summed E-state index contributed by atoms with van der Waals surface area (Å²) in [4.78, 5) is 43.1. The van der Waals surface area contributed by atoms with Crippen molar-refractivity contribution in [3.63, 3.8) is 0 Å². The zero-order valence-corrected chi connectivity index (χ0v) is 22.8. The van der Waals surface area contributed by atoms with Crippen LogP contribution in [0, 0.1) is 6.92 Å². The normalized spacial score (nSPS) is 15.2. The van der Waals surface area contributed by atoms with Gasteiger partial charge in [-0.25, -0.2) is 9.79 Å². The number of carbonyl (C=O) groups is 2. The Kier molecular flexibility index (Phi) is 7.12. The maximum Gasteiger partial charge on any atom is 0.338 e. The van der Waals surface area contributed by atoms with E-state index in [2.05, 4.69) is 4.99 Å². The molecule has 3 heterocycles. The fraction of sp³-hybridized carbons (Fsp3) is 0.172. The van der Waals surface area contributed by atoms with E-state index in [4.69, 9.17) is 20.8 Å². The average molecular weight is 562 g/mol. The second kappa shape index (κ2) is 10.5. The van der Waals surface area contributed by atoms with Gasteiger partial charge in [0.15, 0.2) is 4.80 Å². The molecule has 2 aromatic carbocycles. The van der Waals surface area contributed by atoms with E-state index >= 15 is 0 Å². The number of aryl methyl sites for hydroxylation is 1. The molecular weight excluding hydrogens is 540 g/mol. The van der Waals surface area contributed by atoms with Crippen molar-refractivity contribution in [3.8, 4) is 11.3 Å². The summed E-state index contributed by atoms with van der Waals surface area (Å²) < 4.78 is 13.1. The Morgan fingerprint density at radius 2 is 1.90 bits per heavy atom. The molecule has 1 aliphatic rings. The lowest BCUT2D eigenvalue weighted by molar-refractivity contribution is -0.255. The molecule has 2 aromatic heterocycles. The summed E-state index contributed by atoms with van der Waals surface area (Å²) in [5, 5.41) is 11.4. The van der Waals surface area contributed by atoms with Gasteiger partial charge >= 0.3 is 5.97 Å². The highest BCUT2D eigenvalue weighted by Crippen LogP contribution is 2.31. The van der Waals surface area contributed by atoms with Crippen molar-refractivity contribution in [3.05, 3.63) is 113 Å². The Bertz CT molecular complexity index is 1830. The number of nitrogens with zero attached hydrogens (tertiary/aromatic N) is 2. The van der Waals surface area contributed by atoms with E-state index in [1.54, 1.807) is 38.1 Å². The number of thiazole rings is 1. The van der Waals surface area contributed by atoms with E-state index in [0.29, 0.717) is 37.7 Å². The molecule has 0 radical (unpaired) electrons. The van der Waals surface area contributed by atoms with E-state index in [9.17, 15) is 19.5 Å². The number of benzene rings is 2. The molecule has 10 heteroatoms. The molecule has 0 saturated carbocycles. The van der Waals surface area contributed by atoms with Crippen LogP contribution in [0.1, 0.15) is 47.1 Å². The van der Waals surface area contributed by atoms with E-state index in [0.717, 1.165) is 11.1 Å². The Hall–Kier alpha value is -4.21. The minimum atomic E-state index is -1.39. The van der Waals surface area contributed by atoms with Crippen LogP contribution in [0.3, 0.4) is 0 Å². The minimum Gasteiger partial charge on any atom is -0.545 e. The van der Waals surface area contributed by atoms with Crippen LogP contribution in [0.5, 0.6) is 0 Å². The summed E-state index contributed by atoms with van der Waals surface area (Å²) >= 11 is 7.13. The van der Waals surface area contributed by atoms with Crippen LogP contribution in [-0.2, 0) is 9.53 Å². The molecule has 39 heavy (non-hydrogen) atoms. The first-order chi connectivity index (χ1) is 18.7. The number of carboxylic acid groups (broad SMARTS) is 1. The Balaban J connectivity index is 1.61. The van der Waals surface area contributed by atoms with Crippen molar-refractivity contribution < 1.29 is 23.8 Å². The first kappa shape index (κ1) is 26.4. The lowest BCUT2D eigenvalue weighted by atomic mass is 9.95. The Morgan fingerprint density at radius 3 is 2.59 bits per heavy atom. The first-order valence-electron chi connectivity index (χ1n) is 12.0. The van der Waals surface area contributed by atoms with Crippen molar-refractivity contribution in [2.24, 2.45) is 4.99 Å². The zero-order valence-electron chi connectivity index (χ0n) is 21.2. The third-order valence-electron chi connectivity index (χ3n) is 6.28. The van der Waals surface area contributed by atoms with Crippen LogP contribution in [0.4, 0.5) is 0 Å². The maximum atomic E-state index is 13.7. The number of halogens is 1. The standard InChI is InChI=1S/C29H23ClN2O6S/c1-4-37-28(36)24-16(3)31-29-32(25(24)17-7-5-15(2)6-8-17)26(33)23(39-29)14-19-10-12-22(38-19)18-9-11-21(30)20(13-18)27(34)35/h5-14,25H,4H2,1-3H3,(H,34,35)/p-1/b23-14-/t25-/m1/s1. The Morgan fingerprint density at radius 1 is 1.15 bits per heavy atom. The highest BCUT2D eigenvalue weighted by Gasteiger charge is 2.33. The van der Waals surface area contributed by atoms with Crippen molar-refractivity contribution >= 4 is 41.0 Å². The van der Waals surface area contributed by atoms with Crippen molar-refractivity contribution in [2.75, 3.05) is 6.61 Å². The number of ether oxygens (including phenoxy) is 1. The monoisotopic (exact) mass is 561 g/mol. The van der Waals surface area contributed by atoms with Gasteiger partial charge in [0.1, 0.15) is 11.5 Å². The summed E-state index contributed by atoms with van der Waals surface area (Å²) in [6.45, 7) is 5.62. The van der Waals surface area contributed by atoms with Gasteiger partial charge in [0.25, 0.3) is 5.56 Å². The average Bonchev–Trinajstić information content (AvgIpc) is 3.48. The van der Waals surface area contributed by atoms with Gasteiger partial charge < -0.3 is 19.1 Å². The molecule has 1 atom stereocenters. The lowest BCUT2D eigenvalue weighted by Crippen LogP contribution is -2.39. The molecule has 0 saturated heterocycles. The molecule has 198 valence electrons. The number of hydrogen-bond acceptors (Lipinski definition) is 8. The fourth-order valence-electron chi connectivity index (χ4n) is 4.41. The number of rotatable bonds is 6. The van der Waals surface area contributed by atoms with Crippen molar-refractivity contribution in [2.45, 2.75) is 26.8 Å². The summed E-state index contributed by atoms with van der Waals surface area (Å²) in [6, 6.07) is 14.7. The summed E-state index contributed by atoms with van der Waals surface area (Å²) in [7, 11) is 0. The molecule has 0 unspecified atom stereocenters. The maximum absolute atomic E-state index is 13.7. The van der Waals surface area contributed by atoms with Crippen molar-refractivity contribution in [1.82, 2.24) is 4.57 Å². The highest BCUT2D eigenvalue weighted by atomic mass is 35.5. The van der Waals surface area contributed by atoms with Crippen LogP contribution in [0.2, 0.25) is 5.02 Å². The third kappa shape index (κ3) is 4.98. The predicted octanol–water partition coefficient (Wildman–Crippen LogP) is 3.38. The van der Waals surface area contributed by atoms with Crippen LogP contribution in [0.15, 0.2) is 80.1 Å². The quantitative estimate of drug-likeness (QED) is 0.333.